The average molecular weight is 907 g/mol. The first-order valence-corrected chi connectivity index (χ1v) is 24.6. The molecule has 15 rings (SSSR count). The monoisotopic (exact) mass is 906 g/mol. The molecule has 0 aromatic heterocycles. The van der Waals surface area contributed by atoms with Crippen molar-refractivity contribution in [1.82, 2.24) is 0 Å². The van der Waals surface area contributed by atoms with Crippen molar-refractivity contribution < 1.29 is 9.47 Å². The molecule has 0 fully saturated rings. The zero-order valence-corrected chi connectivity index (χ0v) is 38.6. The highest BCUT2D eigenvalue weighted by Gasteiger charge is 2.49. The van der Waals surface area contributed by atoms with Gasteiger partial charge in [-0.25, -0.2) is 0 Å². The highest BCUT2D eigenvalue weighted by Crippen LogP contribution is 2.52. The Bertz CT molecular complexity index is 4160. The molecule has 4 nitrogen and oxygen atoms in total. The van der Waals surface area contributed by atoms with Crippen LogP contribution in [0.4, 0.5) is 28.4 Å². The second kappa shape index (κ2) is 15.7. The normalized spacial score (nSPS) is 16.3. The Balaban J connectivity index is 0.981. The topological polar surface area (TPSA) is 24.9 Å². The minimum atomic E-state index is -0.146. The van der Waals surface area contributed by atoms with Crippen LogP contribution in [-0.4, -0.2) is 6.71 Å². The number of rotatable bonds is 6. The zero-order valence-electron chi connectivity index (χ0n) is 38.6. The number of hydrogen-bond donors (Lipinski definition) is 0. The number of para-hydroxylation sites is 2. The molecular formula is C66H43BN2O2. The van der Waals surface area contributed by atoms with Gasteiger partial charge < -0.3 is 19.3 Å². The molecule has 5 heteroatoms. The van der Waals surface area contributed by atoms with Gasteiger partial charge in [0.15, 0.2) is 0 Å². The predicted octanol–water partition coefficient (Wildman–Crippen LogP) is 15.9. The number of nitrogens with zero attached hydrogens (tertiary/aromatic N) is 2. The highest BCUT2D eigenvalue weighted by atomic mass is 16.5. The number of benzene rings is 11. The number of allylic oxidation sites excluding steroid dienone is 6. The van der Waals surface area contributed by atoms with E-state index in [0.29, 0.717) is 0 Å². The van der Waals surface area contributed by atoms with E-state index in [0.717, 1.165) is 78.8 Å². The van der Waals surface area contributed by atoms with Gasteiger partial charge in [-0.1, -0.05) is 188 Å². The Morgan fingerprint density at radius 1 is 0.352 bits per heavy atom. The maximum atomic E-state index is 7.25. The number of hydrogen-bond acceptors (Lipinski definition) is 4. The number of anilines is 5. The molecule has 332 valence electrons. The van der Waals surface area contributed by atoms with Gasteiger partial charge >= 0.3 is 0 Å². The lowest BCUT2D eigenvalue weighted by molar-refractivity contribution is 0.411. The van der Waals surface area contributed by atoms with Crippen LogP contribution in [-0.2, 0) is 0 Å². The molecule has 2 unspecified atom stereocenters. The van der Waals surface area contributed by atoms with Crippen LogP contribution in [0.5, 0.6) is 17.2 Å². The maximum absolute atomic E-state index is 7.25. The first-order valence-electron chi connectivity index (χ1n) is 24.6. The van der Waals surface area contributed by atoms with Gasteiger partial charge in [-0.3, -0.25) is 0 Å². The van der Waals surface area contributed by atoms with Gasteiger partial charge in [-0.15, -0.1) is 0 Å². The van der Waals surface area contributed by atoms with Crippen LogP contribution >= 0.6 is 0 Å². The molecule has 2 aliphatic carbocycles. The van der Waals surface area contributed by atoms with E-state index in [1.807, 2.05) is 0 Å². The van der Waals surface area contributed by atoms with Crippen LogP contribution in [0, 0.1) is 11.8 Å². The van der Waals surface area contributed by atoms with E-state index in [9.17, 15) is 0 Å². The van der Waals surface area contributed by atoms with Crippen LogP contribution in [0.3, 0.4) is 0 Å². The lowest BCUT2D eigenvalue weighted by atomic mass is 9.31. The third kappa shape index (κ3) is 6.06. The van der Waals surface area contributed by atoms with Gasteiger partial charge in [0.25, 0.3) is 6.71 Å². The van der Waals surface area contributed by atoms with E-state index in [2.05, 4.69) is 259 Å². The summed E-state index contributed by atoms with van der Waals surface area (Å²) < 4.78 is 14.5. The van der Waals surface area contributed by atoms with Crippen molar-refractivity contribution in [3.63, 3.8) is 0 Å². The summed E-state index contributed by atoms with van der Waals surface area (Å²) in [5.41, 5.74) is 10.1. The minimum absolute atomic E-state index is 0.00640. The summed E-state index contributed by atoms with van der Waals surface area (Å²) >= 11 is 0. The molecule has 0 bridgehead atoms. The van der Waals surface area contributed by atoms with Crippen molar-refractivity contribution in [1.29, 1.82) is 0 Å². The second-order valence-electron chi connectivity index (χ2n) is 19.0. The Hall–Kier alpha value is -9.06. The van der Waals surface area contributed by atoms with E-state index >= 15 is 0 Å². The van der Waals surface area contributed by atoms with Crippen molar-refractivity contribution in [2.45, 2.75) is 0 Å². The summed E-state index contributed by atoms with van der Waals surface area (Å²) in [6.07, 6.45) is 11.6. The third-order valence-electron chi connectivity index (χ3n) is 15.3. The predicted molar refractivity (Wildman–Crippen MR) is 296 cm³/mol. The standard InChI is InChI=1S/C66H43BN2O2/c1-3-22-44(23-4-1)68(56-38-42-20-7-9-26-46(42)48-28-11-13-30-50(48)56)58-40-62-64(54-34-17-15-32-52(54)58)67-65-55-35-18-16-33-53(55)59(41-63(65)71-61-37-19-36-60(70-62)66(61)67)69(45-24-5-2-6-25-45)57-39-43-21-8-10-27-47(43)49-29-12-14-31-51(49)57/h1-41,52,54H. The van der Waals surface area contributed by atoms with Crippen LogP contribution in [0.1, 0.15) is 0 Å². The molecule has 0 saturated carbocycles. The minimum Gasteiger partial charge on any atom is -0.459 e. The molecule has 4 aliphatic rings. The van der Waals surface area contributed by atoms with E-state index in [1.54, 1.807) is 0 Å². The Labute approximate surface area is 412 Å². The van der Waals surface area contributed by atoms with Crippen LogP contribution in [0.15, 0.2) is 266 Å². The van der Waals surface area contributed by atoms with Gasteiger partial charge in [-0.05, 0) is 97.2 Å². The molecule has 0 spiro atoms. The lowest BCUT2D eigenvalue weighted by Gasteiger charge is -2.44. The molecule has 0 radical (unpaired) electrons. The van der Waals surface area contributed by atoms with Gasteiger partial charge in [0.2, 0.25) is 0 Å². The van der Waals surface area contributed by atoms with Crippen molar-refractivity contribution in [3.05, 3.63) is 266 Å². The average Bonchev–Trinajstić information content (AvgIpc) is 3.44. The maximum Gasteiger partial charge on any atom is 0.257 e. The summed E-state index contributed by atoms with van der Waals surface area (Å²) in [7, 11) is 0. The van der Waals surface area contributed by atoms with Gasteiger partial charge in [0.05, 0.1) is 17.1 Å². The Kier molecular flexibility index (Phi) is 8.85. The van der Waals surface area contributed by atoms with Crippen molar-refractivity contribution in [3.8, 4) is 17.2 Å². The summed E-state index contributed by atoms with van der Waals surface area (Å²) in [5.74, 6) is 3.36. The lowest BCUT2D eigenvalue weighted by Crippen LogP contribution is -2.54. The van der Waals surface area contributed by atoms with E-state index in [-0.39, 0.29) is 18.5 Å². The van der Waals surface area contributed by atoms with Gasteiger partial charge in [0, 0.05) is 62.7 Å². The second-order valence-corrected chi connectivity index (χ2v) is 19.0. The smallest absolute Gasteiger partial charge is 0.257 e. The zero-order chi connectivity index (χ0) is 46.6. The molecule has 2 atom stereocenters. The van der Waals surface area contributed by atoms with Gasteiger partial charge in [-0.2, -0.15) is 0 Å². The molecule has 0 saturated heterocycles. The molecule has 2 heterocycles. The SMILES string of the molecule is C1=CC2C(N(c3ccccc3)c3cc4ccccc4c4ccccc34)=CC3=C(B4c5c(cccc5Oc5cc(N(c6ccccc6)c6cc7ccccc7c7ccccc67)c6ccccc6c54)O3)C2C=C1. The van der Waals surface area contributed by atoms with Crippen LogP contribution < -0.4 is 30.2 Å². The van der Waals surface area contributed by atoms with Crippen LogP contribution in [0.25, 0.3) is 53.9 Å². The summed E-state index contributed by atoms with van der Waals surface area (Å²) in [5, 5.41) is 12.0. The highest BCUT2D eigenvalue weighted by molar-refractivity contribution is 6.95. The summed E-state index contributed by atoms with van der Waals surface area (Å²) in [6, 6.07) is 79.0. The van der Waals surface area contributed by atoms with Crippen molar-refractivity contribution in [2.24, 2.45) is 11.8 Å². The van der Waals surface area contributed by atoms with Crippen molar-refractivity contribution in [2.75, 3.05) is 9.80 Å². The quantitative estimate of drug-likeness (QED) is 0.123. The first kappa shape index (κ1) is 39.9. The number of fused-ring (bicyclic) bond motifs is 13. The third-order valence-corrected chi connectivity index (χ3v) is 15.3. The fourth-order valence-electron chi connectivity index (χ4n) is 12.3. The van der Waals surface area contributed by atoms with Crippen molar-refractivity contribution >= 4 is 99.9 Å². The van der Waals surface area contributed by atoms with Gasteiger partial charge in [0.1, 0.15) is 23.0 Å². The van der Waals surface area contributed by atoms with E-state index in [4.69, 9.17) is 9.47 Å². The molecule has 0 N–H and O–H groups in total. The molecule has 2 aliphatic heterocycles. The molecular weight excluding hydrogens is 864 g/mol. The Morgan fingerprint density at radius 2 is 0.817 bits per heavy atom. The first-order chi connectivity index (χ1) is 35.2. The molecule has 11 aromatic rings. The largest absolute Gasteiger partial charge is 0.459 e. The number of ether oxygens (including phenoxy) is 2. The fourth-order valence-corrected chi connectivity index (χ4v) is 12.3. The Morgan fingerprint density at radius 3 is 1.44 bits per heavy atom. The molecule has 0 amide bonds. The summed E-state index contributed by atoms with van der Waals surface area (Å²) in [4.78, 5) is 4.93. The van der Waals surface area contributed by atoms with E-state index < -0.39 is 0 Å². The summed E-state index contributed by atoms with van der Waals surface area (Å²) in [6.45, 7) is -0.146. The fraction of sp³-hybridized carbons (Fsp3) is 0.0303. The van der Waals surface area contributed by atoms with E-state index in [1.165, 1.54) is 48.6 Å². The van der Waals surface area contributed by atoms with Crippen LogP contribution in [0.2, 0.25) is 0 Å². The molecule has 11 aromatic carbocycles. The molecule has 71 heavy (non-hydrogen) atoms.